The third-order valence-corrected chi connectivity index (χ3v) is 9.17. The maximum Gasteiger partial charge on any atom is 0.423 e. The van der Waals surface area contributed by atoms with E-state index in [1.165, 1.54) is 18.2 Å². The number of nitro benzene ring substituents is 1. The van der Waals surface area contributed by atoms with Gasteiger partial charge < -0.3 is 15.0 Å². The van der Waals surface area contributed by atoms with Crippen LogP contribution in [0.3, 0.4) is 0 Å². The largest absolute Gasteiger partial charge is 0.423 e. The number of hydrogen-bond acceptors (Lipinski definition) is 8. The van der Waals surface area contributed by atoms with Crippen LogP contribution in [0.1, 0.15) is 50.1 Å². The van der Waals surface area contributed by atoms with Crippen molar-refractivity contribution in [2.45, 2.75) is 76.5 Å². The van der Waals surface area contributed by atoms with E-state index in [0.717, 1.165) is 21.8 Å². The average Bonchev–Trinajstić information content (AvgIpc) is 3.35. The van der Waals surface area contributed by atoms with Gasteiger partial charge in [0, 0.05) is 49.0 Å². The van der Waals surface area contributed by atoms with E-state index < -0.39 is 22.4 Å². The Balaban J connectivity index is 1.08. The number of nitrogens with one attached hydrogen (secondary N) is 1. The molecule has 5 rings (SSSR count). The van der Waals surface area contributed by atoms with Crippen molar-refractivity contribution in [3.8, 4) is 0 Å². The molecule has 0 unspecified atom stereocenters. The van der Waals surface area contributed by atoms with E-state index in [1.807, 2.05) is 11.8 Å². The molecule has 2 fully saturated rings. The number of thiazole rings is 1. The Kier molecular flexibility index (Phi) is 9.18. The van der Waals surface area contributed by atoms with E-state index in [4.69, 9.17) is 4.74 Å². The molecule has 1 saturated heterocycles. The lowest BCUT2D eigenvalue weighted by Crippen LogP contribution is -2.58. The number of aromatic nitrogens is 1. The molecule has 1 aliphatic carbocycles. The lowest BCUT2D eigenvalue weighted by molar-refractivity contribution is -0.388. The molecular weight excluding hydrogens is 590 g/mol. The Morgan fingerprint density at radius 3 is 2.56 bits per heavy atom. The van der Waals surface area contributed by atoms with E-state index in [1.54, 1.807) is 17.4 Å². The molecule has 0 spiro atoms. The highest BCUT2D eigenvalue weighted by Crippen LogP contribution is 2.38. The highest BCUT2D eigenvalue weighted by atomic mass is 32.1. The summed E-state index contributed by atoms with van der Waals surface area (Å²) >= 11 is 1.54. The summed E-state index contributed by atoms with van der Waals surface area (Å²) in [5.74, 6) is -0.393. The van der Waals surface area contributed by atoms with Crippen molar-refractivity contribution in [1.82, 2.24) is 14.8 Å². The number of anilines is 1. The summed E-state index contributed by atoms with van der Waals surface area (Å²) in [6.07, 6.45) is -2.45. The van der Waals surface area contributed by atoms with Crippen LogP contribution in [0.5, 0.6) is 0 Å². The number of nitrogens with zero attached hydrogens (tertiary/aromatic N) is 4. The van der Waals surface area contributed by atoms with Gasteiger partial charge in [0.25, 0.3) is 5.69 Å². The minimum Gasteiger partial charge on any atom is -0.382 e. The number of ether oxygens (including phenoxy) is 1. The number of rotatable bonds is 8. The predicted octanol–water partition coefficient (Wildman–Crippen LogP) is 6.22. The number of carbonyl (C=O) groups is 1. The molecule has 2 heterocycles. The van der Waals surface area contributed by atoms with Gasteiger partial charge in [0.15, 0.2) is 0 Å². The van der Waals surface area contributed by atoms with Crippen LogP contribution in [0.15, 0.2) is 36.4 Å². The summed E-state index contributed by atoms with van der Waals surface area (Å²) in [5.41, 5.74) is -1.43. The molecule has 1 aromatic heterocycles. The molecule has 1 amide bonds. The summed E-state index contributed by atoms with van der Waals surface area (Å²) in [6, 6.07) is 7.51. The zero-order valence-corrected chi connectivity index (χ0v) is 24.6. The fraction of sp³-hybridized carbons (Fsp3) is 0.517. The quantitative estimate of drug-likeness (QED) is 0.181. The van der Waals surface area contributed by atoms with Crippen LogP contribution in [0, 0.1) is 15.9 Å². The van der Waals surface area contributed by atoms with Gasteiger partial charge in [-0.25, -0.2) is 9.37 Å². The summed E-state index contributed by atoms with van der Waals surface area (Å²) in [6.45, 7) is 5.88. The second-order valence-electron chi connectivity index (χ2n) is 11.3. The number of carbonyl (C=O) groups excluding carboxylic acids is 1. The molecule has 2 aromatic carbocycles. The predicted molar refractivity (Wildman–Crippen MR) is 154 cm³/mol. The second-order valence-corrected chi connectivity index (χ2v) is 12.4. The van der Waals surface area contributed by atoms with Gasteiger partial charge in [-0.15, -0.1) is 11.3 Å². The number of fused-ring (bicyclic) bond motifs is 1. The Bertz CT molecular complexity index is 1480. The molecule has 1 N–H and O–H groups in total. The SMILES string of the molecule is C[C@@H]1CN(Cc2nc3cc(F)ccc3s2)[C@@H](C)CN1C(=O)CO[C@H]1CC[C@H](Nc2ccc([N+](=O)[O-])c(C(F)(F)F)c2)CC1. The molecule has 14 heteroatoms. The van der Waals surface area contributed by atoms with Crippen LogP contribution < -0.4 is 5.32 Å². The fourth-order valence-electron chi connectivity index (χ4n) is 5.85. The normalized spacial score (nSPS) is 23.4. The highest BCUT2D eigenvalue weighted by molar-refractivity contribution is 7.18. The van der Waals surface area contributed by atoms with Gasteiger partial charge in [0.1, 0.15) is 23.0 Å². The van der Waals surface area contributed by atoms with Gasteiger partial charge in [-0.3, -0.25) is 19.8 Å². The van der Waals surface area contributed by atoms with Crippen molar-refractivity contribution in [3.05, 3.63) is 62.9 Å². The average molecular weight is 624 g/mol. The Morgan fingerprint density at radius 1 is 1.12 bits per heavy atom. The molecular formula is C29H33F4N5O4S. The monoisotopic (exact) mass is 623 g/mol. The van der Waals surface area contributed by atoms with Crippen LogP contribution >= 0.6 is 11.3 Å². The van der Waals surface area contributed by atoms with E-state index in [0.29, 0.717) is 50.8 Å². The van der Waals surface area contributed by atoms with E-state index in [2.05, 4.69) is 22.1 Å². The van der Waals surface area contributed by atoms with Gasteiger partial charge >= 0.3 is 6.18 Å². The maximum atomic E-state index is 13.5. The first kappa shape index (κ1) is 31.1. The fourth-order valence-corrected chi connectivity index (χ4v) is 6.82. The molecule has 2 atom stereocenters. The molecule has 3 aromatic rings. The number of halogens is 4. The van der Waals surface area contributed by atoms with Gasteiger partial charge in [-0.05, 0) is 63.8 Å². The topological polar surface area (TPSA) is 101 Å². The van der Waals surface area contributed by atoms with Crippen molar-refractivity contribution in [2.75, 3.05) is 25.0 Å². The van der Waals surface area contributed by atoms with Crippen LogP contribution in [-0.2, 0) is 22.3 Å². The third kappa shape index (κ3) is 7.42. The van der Waals surface area contributed by atoms with Gasteiger partial charge in [0.05, 0.1) is 27.8 Å². The van der Waals surface area contributed by atoms with Crippen molar-refractivity contribution in [2.24, 2.45) is 0 Å². The zero-order chi connectivity index (χ0) is 30.9. The smallest absolute Gasteiger partial charge is 0.382 e. The molecule has 1 aliphatic heterocycles. The summed E-state index contributed by atoms with van der Waals surface area (Å²) in [5, 5.41) is 15.0. The molecule has 232 valence electrons. The molecule has 0 bridgehead atoms. The Hall–Kier alpha value is -3.36. The summed E-state index contributed by atoms with van der Waals surface area (Å²) in [7, 11) is 0. The van der Waals surface area contributed by atoms with Crippen LogP contribution in [0.25, 0.3) is 10.2 Å². The van der Waals surface area contributed by atoms with E-state index >= 15 is 0 Å². The van der Waals surface area contributed by atoms with Crippen molar-refractivity contribution < 1.29 is 32.0 Å². The van der Waals surface area contributed by atoms with Crippen LogP contribution in [0.4, 0.5) is 28.9 Å². The lowest BCUT2D eigenvalue weighted by Gasteiger charge is -2.44. The number of nitro groups is 1. The standard InChI is InChI=1S/C29H33F4N5O4S/c1-17-14-37(18(2)13-36(17)15-27-35-24-11-19(30)3-10-26(24)43-27)28(39)16-42-22-7-4-20(5-8-22)34-21-6-9-25(38(40)41)23(12-21)29(31,32)33/h3,6,9-12,17-18,20,22,34H,4-5,7-8,13-16H2,1-2H3/t17-,18+,20-,22-/m0/s1. The number of hydrogen-bond donors (Lipinski definition) is 1. The first-order valence-corrected chi connectivity index (χ1v) is 15.0. The number of benzene rings is 2. The van der Waals surface area contributed by atoms with Crippen molar-refractivity contribution >= 4 is 38.8 Å². The molecule has 0 radical (unpaired) electrons. The second kappa shape index (κ2) is 12.7. The minimum atomic E-state index is -4.84. The third-order valence-electron chi connectivity index (χ3n) is 8.15. The van der Waals surface area contributed by atoms with Crippen LogP contribution in [0.2, 0.25) is 0 Å². The van der Waals surface area contributed by atoms with Gasteiger partial charge in [-0.1, -0.05) is 0 Å². The van der Waals surface area contributed by atoms with E-state index in [9.17, 15) is 32.5 Å². The molecule has 1 saturated carbocycles. The van der Waals surface area contributed by atoms with Crippen LogP contribution in [-0.4, -0.2) is 69.5 Å². The van der Waals surface area contributed by atoms with Crippen molar-refractivity contribution in [3.63, 3.8) is 0 Å². The summed E-state index contributed by atoms with van der Waals surface area (Å²) < 4.78 is 60.4. The van der Waals surface area contributed by atoms with E-state index in [-0.39, 0.29) is 48.2 Å². The summed E-state index contributed by atoms with van der Waals surface area (Å²) in [4.78, 5) is 31.8. The number of amides is 1. The molecule has 2 aliphatic rings. The number of piperazine rings is 1. The Labute approximate surface area is 250 Å². The zero-order valence-electron chi connectivity index (χ0n) is 23.8. The highest BCUT2D eigenvalue weighted by Gasteiger charge is 2.39. The molecule has 9 nitrogen and oxygen atoms in total. The minimum absolute atomic E-state index is 0.0256. The van der Waals surface area contributed by atoms with Crippen molar-refractivity contribution in [1.29, 1.82) is 0 Å². The van der Waals surface area contributed by atoms with Gasteiger partial charge in [0.2, 0.25) is 5.91 Å². The molecule has 43 heavy (non-hydrogen) atoms. The number of alkyl halides is 3. The lowest BCUT2D eigenvalue weighted by atomic mass is 9.92. The first-order chi connectivity index (χ1) is 20.4. The first-order valence-electron chi connectivity index (χ1n) is 14.2. The Morgan fingerprint density at radius 2 is 1.86 bits per heavy atom. The van der Waals surface area contributed by atoms with Gasteiger partial charge in [-0.2, -0.15) is 13.2 Å². The maximum absolute atomic E-state index is 13.5.